The lowest BCUT2D eigenvalue weighted by Gasteiger charge is -2.08. The van der Waals surface area contributed by atoms with E-state index in [2.05, 4.69) is 37.6 Å². The van der Waals surface area contributed by atoms with Gasteiger partial charge in [0.05, 0.1) is 15.4 Å². The second kappa shape index (κ2) is 6.73. The summed E-state index contributed by atoms with van der Waals surface area (Å²) in [6.45, 7) is 3.06. The summed E-state index contributed by atoms with van der Waals surface area (Å²) in [5.74, 6) is 1.91. The minimum Gasteiger partial charge on any atom is -0.314 e. The highest BCUT2D eigenvalue weighted by Crippen LogP contribution is 2.24. The van der Waals surface area contributed by atoms with Gasteiger partial charge in [-0.05, 0) is 24.1 Å². The Balaban J connectivity index is 2.27. The Hall–Kier alpha value is -0.580. The summed E-state index contributed by atoms with van der Waals surface area (Å²) in [5.41, 5.74) is 1.08. The van der Waals surface area contributed by atoms with Crippen LogP contribution in [0, 0.1) is 0 Å². The van der Waals surface area contributed by atoms with E-state index in [9.17, 15) is 0 Å². The van der Waals surface area contributed by atoms with Crippen LogP contribution in [-0.4, -0.2) is 14.8 Å². The summed E-state index contributed by atoms with van der Waals surface area (Å²) >= 11 is 15.4. The molecule has 2 aromatic rings. The van der Waals surface area contributed by atoms with Gasteiger partial charge in [-0.3, -0.25) is 0 Å². The molecule has 0 bridgehead atoms. The van der Waals surface area contributed by atoms with E-state index in [0.29, 0.717) is 21.8 Å². The van der Waals surface area contributed by atoms with E-state index < -0.39 is 0 Å². The molecule has 2 rings (SSSR count). The molecule has 0 radical (unpaired) electrons. The second-order valence-corrected chi connectivity index (χ2v) is 5.62. The van der Waals surface area contributed by atoms with Crippen molar-refractivity contribution < 1.29 is 0 Å². The highest BCUT2D eigenvalue weighted by molar-refractivity contribution is 9.08. The molecule has 102 valence electrons. The first-order valence-electron chi connectivity index (χ1n) is 6.06. The molecule has 0 aliphatic rings. The maximum absolute atomic E-state index is 6.03. The minimum atomic E-state index is 0.571. The summed E-state index contributed by atoms with van der Waals surface area (Å²) in [6.07, 6.45) is 1.75. The molecule has 0 fully saturated rings. The summed E-state index contributed by atoms with van der Waals surface area (Å²) < 4.78 is 2.15. The third-order valence-electron chi connectivity index (χ3n) is 2.82. The van der Waals surface area contributed by atoms with Gasteiger partial charge in [-0.15, -0.1) is 10.2 Å². The van der Waals surface area contributed by atoms with Crippen molar-refractivity contribution in [3.8, 4) is 0 Å². The van der Waals surface area contributed by atoms with Crippen molar-refractivity contribution in [2.75, 3.05) is 0 Å². The number of benzene rings is 1. The molecule has 0 aliphatic carbocycles. The van der Waals surface area contributed by atoms with E-state index in [1.165, 1.54) is 0 Å². The van der Waals surface area contributed by atoms with Crippen molar-refractivity contribution >= 4 is 39.1 Å². The number of alkyl halides is 1. The van der Waals surface area contributed by atoms with Crippen LogP contribution in [0.1, 0.15) is 30.6 Å². The third kappa shape index (κ3) is 3.50. The standard InChI is InChI=1S/C13H14BrCl2N3/c1-2-5-19-12(17-18-13(19)8-14)7-9-3-4-10(15)11(16)6-9/h3-4,6H,2,5,7-8H2,1H3. The molecule has 0 aliphatic heterocycles. The number of hydrogen-bond donors (Lipinski definition) is 0. The van der Waals surface area contributed by atoms with E-state index in [4.69, 9.17) is 23.2 Å². The Morgan fingerprint density at radius 3 is 2.53 bits per heavy atom. The molecule has 1 heterocycles. The van der Waals surface area contributed by atoms with Gasteiger partial charge < -0.3 is 4.57 Å². The third-order valence-corrected chi connectivity index (χ3v) is 4.06. The predicted octanol–water partition coefficient (Wildman–Crippen LogP) is 4.48. The van der Waals surface area contributed by atoms with Gasteiger partial charge in [0.1, 0.15) is 11.6 Å². The highest BCUT2D eigenvalue weighted by atomic mass is 79.9. The largest absolute Gasteiger partial charge is 0.314 e. The lowest BCUT2D eigenvalue weighted by atomic mass is 10.1. The molecule has 0 saturated heterocycles. The number of aromatic nitrogens is 3. The van der Waals surface area contributed by atoms with Gasteiger partial charge in [0.2, 0.25) is 0 Å². The number of nitrogens with zero attached hydrogens (tertiary/aromatic N) is 3. The van der Waals surface area contributed by atoms with E-state index in [0.717, 1.165) is 30.2 Å². The van der Waals surface area contributed by atoms with Crippen LogP contribution < -0.4 is 0 Å². The molecule has 1 aromatic carbocycles. The zero-order chi connectivity index (χ0) is 13.8. The second-order valence-electron chi connectivity index (χ2n) is 4.24. The quantitative estimate of drug-likeness (QED) is 0.734. The van der Waals surface area contributed by atoms with Gasteiger partial charge >= 0.3 is 0 Å². The molecule has 0 N–H and O–H groups in total. The summed E-state index contributed by atoms with van der Waals surface area (Å²) in [7, 11) is 0. The lowest BCUT2D eigenvalue weighted by molar-refractivity contribution is 0.628. The molecule has 0 spiro atoms. The average molecular weight is 363 g/mol. The predicted molar refractivity (Wildman–Crippen MR) is 82.2 cm³/mol. The monoisotopic (exact) mass is 361 g/mol. The SMILES string of the molecule is CCCn1c(CBr)nnc1Cc1ccc(Cl)c(Cl)c1. The molecule has 3 nitrogen and oxygen atoms in total. The average Bonchev–Trinajstić information content (AvgIpc) is 2.77. The molecular formula is C13H14BrCl2N3. The number of rotatable bonds is 5. The van der Waals surface area contributed by atoms with Crippen molar-refractivity contribution in [3.63, 3.8) is 0 Å². The fourth-order valence-electron chi connectivity index (χ4n) is 1.92. The first kappa shape index (κ1) is 14.8. The molecule has 1 aromatic heterocycles. The molecule has 0 amide bonds. The Labute approximate surface area is 131 Å². The van der Waals surface area contributed by atoms with Crippen molar-refractivity contribution in [2.24, 2.45) is 0 Å². The van der Waals surface area contributed by atoms with Crippen LogP contribution in [0.4, 0.5) is 0 Å². The molecular weight excluding hydrogens is 349 g/mol. The summed E-state index contributed by atoms with van der Waals surface area (Å²) in [4.78, 5) is 0. The zero-order valence-corrected chi connectivity index (χ0v) is 13.6. The van der Waals surface area contributed by atoms with Crippen LogP contribution in [-0.2, 0) is 18.3 Å². The van der Waals surface area contributed by atoms with Crippen molar-refractivity contribution in [1.82, 2.24) is 14.8 Å². The normalized spacial score (nSPS) is 10.9. The van der Waals surface area contributed by atoms with Crippen molar-refractivity contribution in [3.05, 3.63) is 45.5 Å². The first-order chi connectivity index (χ1) is 9.15. The van der Waals surface area contributed by atoms with Gasteiger partial charge in [-0.1, -0.05) is 52.1 Å². The molecule has 0 saturated carbocycles. The number of hydrogen-bond acceptors (Lipinski definition) is 2. The summed E-state index contributed by atoms with van der Waals surface area (Å²) in [6, 6.07) is 5.65. The lowest BCUT2D eigenvalue weighted by Crippen LogP contribution is -2.07. The van der Waals surface area contributed by atoms with Crippen molar-refractivity contribution in [1.29, 1.82) is 0 Å². The highest BCUT2D eigenvalue weighted by Gasteiger charge is 2.11. The molecule has 0 atom stereocenters. The number of halogens is 3. The first-order valence-corrected chi connectivity index (χ1v) is 7.94. The van der Waals surface area contributed by atoms with Crippen molar-refractivity contribution in [2.45, 2.75) is 31.6 Å². The van der Waals surface area contributed by atoms with E-state index in [-0.39, 0.29) is 0 Å². The Bertz CT molecular complexity index is 569. The maximum Gasteiger partial charge on any atom is 0.143 e. The van der Waals surface area contributed by atoms with Crippen LogP contribution in [0.3, 0.4) is 0 Å². The molecule has 19 heavy (non-hydrogen) atoms. The van der Waals surface area contributed by atoms with Gasteiger partial charge in [0, 0.05) is 13.0 Å². The van der Waals surface area contributed by atoms with Crippen LogP contribution in [0.25, 0.3) is 0 Å². The summed E-state index contributed by atoms with van der Waals surface area (Å²) in [5, 5.41) is 10.3. The zero-order valence-electron chi connectivity index (χ0n) is 10.5. The topological polar surface area (TPSA) is 30.7 Å². The fraction of sp³-hybridized carbons (Fsp3) is 0.385. The maximum atomic E-state index is 6.03. The van der Waals surface area contributed by atoms with Crippen LogP contribution in [0.2, 0.25) is 10.0 Å². The van der Waals surface area contributed by atoms with Crippen LogP contribution in [0.5, 0.6) is 0 Å². The van der Waals surface area contributed by atoms with E-state index in [1.54, 1.807) is 0 Å². The molecule has 6 heteroatoms. The minimum absolute atomic E-state index is 0.571. The van der Waals surface area contributed by atoms with Gasteiger partial charge in [-0.25, -0.2) is 0 Å². The van der Waals surface area contributed by atoms with E-state index >= 15 is 0 Å². The van der Waals surface area contributed by atoms with Gasteiger partial charge in [0.25, 0.3) is 0 Å². The Morgan fingerprint density at radius 2 is 1.89 bits per heavy atom. The Kier molecular flexibility index (Phi) is 5.25. The fourth-order valence-corrected chi connectivity index (χ4v) is 2.65. The smallest absolute Gasteiger partial charge is 0.143 e. The van der Waals surface area contributed by atoms with Gasteiger partial charge in [-0.2, -0.15) is 0 Å². The van der Waals surface area contributed by atoms with Crippen LogP contribution in [0.15, 0.2) is 18.2 Å². The van der Waals surface area contributed by atoms with E-state index in [1.807, 2.05) is 18.2 Å². The molecule has 0 unspecified atom stereocenters. The Morgan fingerprint density at radius 1 is 1.16 bits per heavy atom. The van der Waals surface area contributed by atoms with Gasteiger partial charge in [0.15, 0.2) is 0 Å². The van der Waals surface area contributed by atoms with Crippen LogP contribution >= 0.6 is 39.1 Å².